The molecule has 3 atom stereocenters. The van der Waals surface area contributed by atoms with Crippen LogP contribution in [0.4, 0.5) is 9.59 Å². The maximum atomic E-state index is 13.7. The summed E-state index contributed by atoms with van der Waals surface area (Å²) in [4.78, 5) is 46.9. The summed E-state index contributed by atoms with van der Waals surface area (Å²) in [6, 6.07) is 2.30. The van der Waals surface area contributed by atoms with Crippen molar-refractivity contribution < 1.29 is 38.2 Å². The van der Waals surface area contributed by atoms with Crippen molar-refractivity contribution in [1.29, 1.82) is 0 Å². The number of nitrogens with zero attached hydrogens (tertiary/aromatic N) is 3. The fourth-order valence-electron chi connectivity index (χ4n) is 5.42. The predicted molar refractivity (Wildman–Crippen MR) is 163 cm³/mol. The lowest BCUT2D eigenvalue weighted by atomic mass is 9.93. The van der Waals surface area contributed by atoms with Crippen LogP contribution in [0.2, 0.25) is 0 Å². The summed E-state index contributed by atoms with van der Waals surface area (Å²) < 4.78 is 25.2. The second-order valence-electron chi connectivity index (χ2n) is 11.5. The van der Waals surface area contributed by atoms with Gasteiger partial charge in [0.25, 0.3) is 0 Å². The van der Waals surface area contributed by atoms with Gasteiger partial charge in [-0.3, -0.25) is 14.5 Å². The number of rotatable bonds is 6. The first kappa shape index (κ1) is 32.9. The Morgan fingerprint density at radius 3 is 2.52 bits per heavy atom. The first-order valence-corrected chi connectivity index (χ1v) is 15.7. The summed E-state index contributed by atoms with van der Waals surface area (Å²) in [6.07, 6.45) is -0.755. The largest absolute Gasteiger partial charge is 0.496 e. The number of hydroxylamine groups is 2. The number of aromatic nitrogens is 1. The molecule has 2 aliphatic heterocycles. The number of methoxy groups -OCH3 is 1. The van der Waals surface area contributed by atoms with Gasteiger partial charge < -0.3 is 18.9 Å². The van der Waals surface area contributed by atoms with Crippen molar-refractivity contribution in [2.75, 3.05) is 26.2 Å². The number of benzene rings is 1. The number of hydrogen-bond donors (Lipinski definition) is 0. The number of halogens is 2. The Kier molecular flexibility index (Phi) is 9.81. The van der Waals surface area contributed by atoms with E-state index in [9.17, 15) is 14.4 Å². The van der Waals surface area contributed by atoms with Crippen LogP contribution in [0.15, 0.2) is 16.6 Å². The zero-order valence-electron chi connectivity index (χ0n) is 25.0. The number of thioether (sulfide) groups is 1. The molecule has 0 bridgehead atoms. The molecule has 0 N–H and O–H groups in total. The highest BCUT2D eigenvalue weighted by Crippen LogP contribution is 2.46. The average Bonchev–Trinajstić information content (AvgIpc) is 3.34. The lowest BCUT2D eigenvalue weighted by Crippen LogP contribution is -2.55. The Bertz CT molecular complexity index is 1380. The van der Waals surface area contributed by atoms with E-state index in [2.05, 4.69) is 15.9 Å². The molecule has 1 unspecified atom stereocenters. The minimum Gasteiger partial charge on any atom is -0.496 e. The van der Waals surface area contributed by atoms with Gasteiger partial charge in [-0.25, -0.2) is 14.2 Å². The first-order valence-electron chi connectivity index (χ1n) is 13.5. The fraction of sp³-hybridized carbons (Fsp3) is 0.607. The van der Waals surface area contributed by atoms with E-state index in [1.165, 1.54) is 11.5 Å². The molecular weight excluding hydrogens is 654 g/mol. The van der Waals surface area contributed by atoms with Crippen LogP contribution in [0, 0.1) is 0 Å². The van der Waals surface area contributed by atoms with Gasteiger partial charge in [0, 0.05) is 18.9 Å². The Labute approximate surface area is 263 Å². The van der Waals surface area contributed by atoms with Crippen LogP contribution in [0.3, 0.4) is 0 Å². The molecule has 11 nitrogen and oxygen atoms in total. The van der Waals surface area contributed by atoms with Crippen LogP contribution >= 0.6 is 39.3 Å². The van der Waals surface area contributed by atoms with E-state index in [1.807, 2.05) is 6.07 Å². The molecule has 1 amide bonds. The van der Waals surface area contributed by atoms with E-state index in [1.54, 1.807) is 64.7 Å². The van der Waals surface area contributed by atoms with Crippen molar-refractivity contribution in [1.82, 2.24) is 14.5 Å². The van der Waals surface area contributed by atoms with Crippen LogP contribution < -0.4 is 4.74 Å². The molecule has 0 aliphatic carbocycles. The Hall–Kier alpha value is -2.03. The highest BCUT2D eigenvalue weighted by molar-refractivity contribution is 9.10. The van der Waals surface area contributed by atoms with E-state index in [-0.39, 0.29) is 17.7 Å². The van der Waals surface area contributed by atoms with Gasteiger partial charge in [0.2, 0.25) is 0 Å². The third-order valence-electron chi connectivity index (χ3n) is 6.96. The number of fused-ring (bicyclic) bond motifs is 3. The zero-order valence-corrected chi connectivity index (χ0v) is 28.1. The molecule has 0 saturated carbocycles. The third kappa shape index (κ3) is 6.71. The summed E-state index contributed by atoms with van der Waals surface area (Å²) in [5.41, 5.74) is -0.690. The molecule has 4 rings (SSSR count). The van der Waals surface area contributed by atoms with Crippen LogP contribution in [0.1, 0.15) is 65.8 Å². The molecule has 1 fully saturated rings. The van der Waals surface area contributed by atoms with Crippen molar-refractivity contribution in [3.05, 3.63) is 27.9 Å². The van der Waals surface area contributed by atoms with Crippen LogP contribution in [0.25, 0.3) is 10.9 Å². The van der Waals surface area contributed by atoms with Gasteiger partial charge >= 0.3 is 12.2 Å². The molecule has 2 aromatic rings. The van der Waals surface area contributed by atoms with Crippen LogP contribution in [-0.2, 0) is 30.3 Å². The molecule has 42 heavy (non-hydrogen) atoms. The number of hydrogen-bond acceptors (Lipinski definition) is 10. The molecule has 1 aromatic heterocycles. The minimum absolute atomic E-state index is 0.0489. The van der Waals surface area contributed by atoms with Gasteiger partial charge in [0.15, 0.2) is 10.7 Å². The molecule has 2 aliphatic rings. The second kappa shape index (κ2) is 12.5. The Morgan fingerprint density at radius 2 is 1.93 bits per heavy atom. The standard InChI is InChI=1S/C28H37BrClN3O8S/c1-15(30)40-25(35)32-20-12-19(29)22(37-8)11-18(20)17-9-10-31(39-14-42-16(2)34)24(23(17)32)21-13-38-28(6,7)33(21)26(36)41-27(3,4)5/h11-12,15,21,24H,9-10,13-14H2,1-8H3/t15?,21-,24+/m1/s1. The van der Waals surface area contributed by atoms with Gasteiger partial charge in [-0.2, -0.15) is 5.06 Å². The molecular formula is C28H37BrClN3O8S. The van der Waals surface area contributed by atoms with Crippen molar-refractivity contribution in [3.8, 4) is 5.75 Å². The maximum Gasteiger partial charge on any atom is 0.420 e. The lowest BCUT2D eigenvalue weighted by Gasteiger charge is -2.43. The summed E-state index contributed by atoms with van der Waals surface area (Å²) in [6.45, 7) is 12.5. The number of ether oxygens (including phenoxy) is 4. The van der Waals surface area contributed by atoms with Gasteiger partial charge in [-0.1, -0.05) is 23.4 Å². The summed E-state index contributed by atoms with van der Waals surface area (Å²) in [5.74, 6) is 0.642. The molecule has 1 aromatic carbocycles. The highest BCUT2D eigenvalue weighted by Gasteiger charge is 2.53. The molecule has 0 spiro atoms. The van der Waals surface area contributed by atoms with Crippen molar-refractivity contribution in [3.63, 3.8) is 0 Å². The Balaban J connectivity index is 1.96. The van der Waals surface area contributed by atoms with Gasteiger partial charge in [-0.15, -0.1) is 0 Å². The topological polar surface area (TPSA) is 109 Å². The van der Waals surface area contributed by atoms with E-state index >= 15 is 0 Å². The van der Waals surface area contributed by atoms with Crippen LogP contribution in [0.5, 0.6) is 5.75 Å². The average molecular weight is 691 g/mol. The van der Waals surface area contributed by atoms with Crippen molar-refractivity contribution >= 4 is 67.5 Å². The second-order valence-corrected chi connectivity index (χ2v) is 14.1. The van der Waals surface area contributed by atoms with Crippen molar-refractivity contribution in [2.45, 2.75) is 83.9 Å². The molecule has 1 saturated heterocycles. The summed E-state index contributed by atoms with van der Waals surface area (Å²) in [7, 11) is 1.57. The zero-order chi connectivity index (χ0) is 31.1. The van der Waals surface area contributed by atoms with E-state index in [0.29, 0.717) is 34.4 Å². The predicted octanol–water partition coefficient (Wildman–Crippen LogP) is 6.42. The van der Waals surface area contributed by atoms with Crippen LogP contribution in [-0.4, -0.2) is 81.0 Å². The Morgan fingerprint density at radius 1 is 1.24 bits per heavy atom. The SMILES string of the molecule is COc1cc2c3c(n(C(=O)OC(C)Cl)c2cc1Br)[C@H]([C@H]1COC(C)(C)N1C(=O)OC(C)(C)C)N(OCSC(C)=O)CC3. The highest BCUT2D eigenvalue weighted by atomic mass is 79.9. The van der Waals surface area contributed by atoms with Crippen molar-refractivity contribution in [2.24, 2.45) is 0 Å². The van der Waals surface area contributed by atoms with E-state index < -0.39 is 41.2 Å². The smallest absolute Gasteiger partial charge is 0.420 e. The maximum absolute atomic E-state index is 13.7. The van der Waals surface area contributed by atoms with E-state index in [0.717, 1.165) is 22.7 Å². The third-order valence-corrected chi connectivity index (χ3v) is 8.30. The molecule has 0 radical (unpaired) electrons. The molecule has 14 heteroatoms. The number of amides is 1. The number of alkyl halides is 1. The molecule has 3 heterocycles. The molecule has 232 valence electrons. The van der Waals surface area contributed by atoms with Gasteiger partial charge in [0.1, 0.15) is 23.0 Å². The summed E-state index contributed by atoms with van der Waals surface area (Å²) >= 11 is 10.7. The summed E-state index contributed by atoms with van der Waals surface area (Å²) in [5, 5.41) is 2.40. The van der Waals surface area contributed by atoms with Gasteiger partial charge in [-0.05, 0) is 81.6 Å². The normalized spacial score (nSPS) is 21.2. The first-order chi connectivity index (χ1) is 19.6. The van der Waals surface area contributed by atoms with E-state index in [4.69, 9.17) is 35.4 Å². The monoisotopic (exact) mass is 689 g/mol. The fourth-order valence-corrected chi connectivity index (χ4v) is 6.34. The van der Waals surface area contributed by atoms with Gasteiger partial charge in [0.05, 0.1) is 41.5 Å². The lowest BCUT2D eigenvalue weighted by molar-refractivity contribution is -0.188. The quantitative estimate of drug-likeness (QED) is 0.249. The number of carbonyl (C=O) groups is 3. The number of carbonyl (C=O) groups excluding carboxylic acids is 3. The minimum atomic E-state index is -1.03.